The van der Waals surface area contributed by atoms with E-state index in [0.29, 0.717) is 4.90 Å². The van der Waals surface area contributed by atoms with Gasteiger partial charge in [-0.15, -0.1) is 0 Å². The molecule has 1 aromatic heterocycles. The highest BCUT2D eigenvalue weighted by Gasteiger charge is 2.31. The summed E-state index contributed by atoms with van der Waals surface area (Å²) >= 11 is 0. The van der Waals surface area contributed by atoms with E-state index in [1.54, 1.807) is 30.5 Å². The molecular formula is C17H23N2O3S+. The van der Waals surface area contributed by atoms with Crippen LogP contribution in [0.1, 0.15) is 31.4 Å². The van der Waals surface area contributed by atoms with Gasteiger partial charge in [0.25, 0.3) is 0 Å². The maximum atomic E-state index is 12.5. The van der Waals surface area contributed by atoms with Gasteiger partial charge in [0.15, 0.2) is 5.76 Å². The zero-order chi connectivity index (χ0) is 16.1. The Hall–Kier alpha value is -1.63. The first kappa shape index (κ1) is 16.2. The zero-order valence-corrected chi connectivity index (χ0v) is 13.8. The first-order valence-electron chi connectivity index (χ1n) is 8.08. The van der Waals surface area contributed by atoms with Crippen molar-refractivity contribution in [1.82, 2.24) is 4.72 Å². The molecule has 3 N–H and O–H groups in total. The van der Waals surface area contributed by atoms with Crippen LogP contribution in [0.5, 0.6) is 0 Å². The van der Waals surface area contributed by atoms with Gasteiger partial charge < -0.3 is 9.73 Å². The maximum Gasteiger partial charge on any atom is 0.241 e. The van der Waals surface area contributed by atoms with Crippen LogP contribution in [-0.4, -0.2) is 20.5 Å². The second-order valence-electron chi connectivity index (χ2n) is 6.01. The Morgan fingerprint density at radius 3 is 2.61 bits per heavy atom. The van der Waals surface area contributed by atoms with Gasteiger partial charge >= 0.3 is 0 Å². The summed E-state index contributed by atoms with van der Waals surface area (Å²) in [6.45, 7) is 0.737. The van der Waals surface area contributed by atoms with Crippen molar-refractivity contribution in [3.05, 3.63) is 54.5 Å². The number of benzene rings is 1. The molecule has 0 amide bonds. The minimum absolute atomic E-state index is 0.0380. The highest BCUT2D eigenvalue weighted by atomic mass is 32.2. The van der Waals surface area contributed by atoms with Gasteiger partial charge in [0.1, 0.15) is 12.6 Å². The van der Waals surface area contributed by atoms with Crippen molar-refractivity contribution < 1.29 is 18.2 Å². The summed E-state index contributed by atoms with van der Waals surface area (Å²) in [5, 5.41) is 2.19. The van der Waals surface area contributed by atoms with E-state index in [0.717, 1.165) is 38.0 Å². The number of furan rings is 1. The predicted octanol–water partition coefficient (Wildman–Crippen LogP) is 1.63. The number of quaternary nitrogens is 1. The summed E-state index contributed by atoms with van der Waals surface area (Å²) in [4.78, 5) is 0.329. The molecule has 0 radical (unpaired) electrons. The fraction of sp³-hybridized carbons (Fsp3) is 0.412. The summed E-state index contributed by atoms with van der Waals surface area (Å²) in [5.74, 6) is 0.917. The average Bonchev–Trinajstić information content (AvgIpc) is 3.08. The number of hydrogen-bond acceptors (Lipinski definition) is 3. The molecule has 0 spiro atoms. The van der Waals surface area contributed by atoms with E-state index in [1.165, 1.54) is 0 Å². The summed E-state index contributed by atoms with van der Waals surface area (Å²) in [7, 11) is -3.46. The van der Waals surface area contributed by atoms with E-state index in [4.69, 9.17) is 4.42 Å². The lowest BCUT2D eigenvalue weighted by atomic mass is 9.91. The minimum Gasteiger partial charge on any atom is -0.463 e. The van der Waals surface area contributed by atoms with Gasteiger partial charge in [-0.3, -0.25) is 0 Å². The molecule has 1 aliphatic rings. The average molecular weight is 335 g/mol. The molecule has 2 atom stereocenters. The van der Waals surface area contributed by atoms with E-state index < -0.39 is 10.0 Å². The van der Waals surface area contributed by atoms with E-state index in [2.05, 4.69) is 10.0 Å². The molecule has 124 valence electrons. The van der Waals surface area contributed by atoms with Crippen LogP contribution in [0.3, 0.4) is 0 Å². The molecule has 3 rings (SSSR count). The van der Waals surface area contributed by atoms with Crippen LogP contribution in [0, 0.1) is 0 Å². The molecule has 0 aliphatic heterocycles. The molecule has 1 aromatic carbocycles. The maximum absolute atomic E-state index is 12.5. The van der Waals surface area contributed by atoms with Gasteiger partial charge in [0, 0.05) is 6.42 Å². The Balaban J connectivity index is 1.66. The highest BCUT2D eigenvalue weighted by Crippen LogP contribution is 2.19. The molecule has 1 saturated carbocycles. The van der Waals surface area contributed by atoms with Gasteiger partial charge in [-0.2, -0.15) is 0 Å². The van der Waals surface area contributed by atoms with E-state index in [9.17, 15) is 8.42 Å². The van der Waals surface area contributed by atoms with Gasteiger partial charge in [0.05, 0.1) is 17.2 Å². The van der Waals surface area contributed by atoms with Gasteiger partial charge in [-0.05, 0) is 37.1 Å². The Morgan fingerprint density at radius 1 is 1.09 bits per heavy atom. The molecular weight excluding hydrogens is 312 g/mol. The number of nitrogens with one attached hydrogen (secondary N) is 1. The predicted molar refractivity (Wildman–Crippen MR) is 87.1 cm³/mol. The molecule has 0 bridgehead atoms. The van der Waals surface area contributed by atoms with Gasteiger partial charge in [-0.25, -0.2) is 13.1 Å². The summed E-state index contributed by atoms with van der Waals surface area (Å²) in [6.07, 6.45) is 5.77. The topological polar surface area (TPSA) is 75.9 Å². The molecule has 5 nitrogen and oxygen atoms in total. The SMILES string of the molecule is O=S(=O)(N[C@@H]1CCCC[C@@H]1[NH2+]Cc1ccco1)c1ccccc1. The minimum atomic E-state index is -3.46. The fourth-order valence-corrected chi connectivity index (χ4v) is 4.49. The van der Waals surface area contributed by atoms with E-state index in [1.807, 2.05) is 18.2 Å². The van der Waals surface area contributed by atoms with Crippen molar-refractivity contribution in [3.63, 3.8) is 0 Å². The van der Waals surface area contributed by atoms with Gasteiger partial charge in [0.2, 0.25) is 10.0 Å². The van der Waals surface area contributed by atoms with Crippen LogP contribution in [-0.2, 0) is 16.6 Å². The van der Waals surface area contributed by atoms with Crippen LogP contribution in [0.4, 0.5) is 0 Å². The van der Waals surface area contributed by atoms with Crippen molar-refractivity contribution in [2.24, 2.45) is 0 Å². The van der Waals surface area contributed by atoms with E-state index >= 15 is 0 Å². The molecule has 0 saturated heterocycles. The summed E-state index contributed by atoms with van der Waals surface area (Å²) < 4.78 is 33.3. The molecule has 1 aliphatic carbocycles. The number of hydrogen-bond donors (Lipinski definition) is 2. The summed E-state index contributed by atoms with van der Waals surface area (Å²) in [5.41, 5.74) is 0. The third-order valence-electron chi connectivity index (χ3n) is 4.38. The Bertz CT molecular complexity index is 699. The number of rotatable bonds is 6. The quantitative estimate of drug-likeness (QED) is 0.842. The molecule has 6 heteroatoms. The smallest absolute Gasteiger partial charge is 0.241 e. The normalized spacial score (nSPS) is 22.1. The Kier molecular flexibility index (Phi) is 5.15. The Labute approximate surface area is 137 Å². The lowest BCUT2D eigenvalue weighted by Crippen LogP contribution is -2.92. The lowest BCUT2D eigenvalue weighted by Gasteiger charge is -2.29. The number of sulfonamides is 1. The number of nitrogens with two attached hydrogens (primary N) is 1. The van der Waals surface area contributed by atoms with Crippen LogP contribution in [0.15, 0.2) is 58.0 Å². The Morgan fingerprint density at radius 2 is 1.87 bits per heavy atom. The van der Waals surface area contributed by atoms with Crippen LogP contribution in [0.25, 0.3) is 0 Å². The van der Waals surface area contributed by atoms with Crippen molar-refractivity contribution in [2.75, 3.05) is 0 Å². The van der Waals surface area contributed by atoms with Crippen molar-refractivity contribution in [2.45, 2.75) is 49.2 Å². The monoisotopic (exact) mass is 335 g/mol. The molecule has 2 aromatic rings. The third kappa shape index (κ3) is 4.22. The van der Waals surface area contributed by atoms with Crippen LogP contribution >= 0.6 is 0 Å². The second-order valence-corrected chi connectivity index (χ2v) is 7.72. The van der Waals surface area contributed by atoms with Crippen molar-refractivity contribution in [1.29, 1.82) is 0 Å². The fourth-order valence-electron chi connectivity index (χ4n) is 3.15. The third-order valence-corrected chi connectivity index (χ3v) is 5.89. The van der Waals surface area contributed by atoms with Gasteiger partial charge in [-0.1, -0.05) is 24.6 Å². The highest BCUT2D eigenvalue weighted by molar-refractivity contribution is 7.89. The molecule has 1 fully saturated rings. The standard InChI is InChI=1S/C17H22N2O3S/c20-23(21,15-8-2-1-3-9-15)19-17-11-5-4-10-16(17)18-13-14-7-6-12-22-14/h1-3,6-9,12,16-19H,4-5,10-11,13H2/p+1/t16-,17+/m0/s1. The first-order valence-corrected chi connectivity index (χ1v) is 9.56. The zero-order valence-electron chi connectivity index (χ0n) is 13.0. The van der Waals surface area contributed by atoms with Crippen LogP contribution in [0.2, 0.25) is 0 Å². The van der Waals surface area contributed by atoms with Crippen molar-refractivity contribution in [3.8, 4) is 0 Å². The first-order chi connectivity index (χ1) is 11.1. The largest absolute Gasteiger partial charge is 0.463 e. The van der Waals surface area contributed by atoms with Crippen molar-refractivity contribution >= 4 is 10.0 Å². The summed E-state index contributed by atoms with van der Waals surface area (Å²) in [6, 6.07) is 12.6. The molecule has 23 heavy (non-hydrogen) atoms. The van der Waals surface area contributed by atoms with Crippen LogP contribution < -0.4 is 10.0 Å². The lowest BCUT2D eigenvalue weighted by molar-refractivity contribution is -0.710. The van der Waals surface area contributed by atoms with E-state index in [-0.39, 0.29) is 12.1 Å². The second kappa shape index (κ2) is 7.29. The molecule has 1 heterocycles. The molecule has 0 unspecified atom stereocenters.